The van der Waals surface area contributed by atoms with Crippen LogP contribution >= 0.6 is 12.2 Å². The number of thiocarbonyl (C=S) groups is 1. The number of hydrogen-bond acceptors (Lipinski definition) is 2. The maximum Gasteiger partial charge on any atom is 0.307 e. The molecule has 3 heteroatoms. The lowest BCUT2D eigenvalue weighted by atomic mass is 9.90. The van der Waals surface area contributed by atoms with Gasteiger partial charge in [-0.3, -0.25) is 4.79 Å². The van der Waals surface area contributed by atoms with Crippen molar-refractivity contribution in [3.63, 3.8) is 0 Å². The maximum absolute atomic E-state index is 10.6. The van der Waals surface area contributed by atoms with E-state index in [0.717, 1.165) is 17.6 Å². The number of hydrogen-bond donors (Lipinski definition) is 1. The van der Waals surface area contributed by atoms with Gasteiger partial charge in [0, 0.05) is 4.86 Å². The molecule has 0 aromatic heterocycles. The summed E-state index contributed by atoms with van der Waals surface area (Å²) >= 11 is 5.27. The van der Waals surface area contributed by atoms with Crippen molar-refractivity contribution in [3.05, 3.63) is 47.0 Å². The highest BCUT2D eigenvalue weighted by atomic mass is 32.1. The Bertz CT molecular complexity index is 460. The molecule has 0 radical (unpaired) electrons. The molecule has 0 bridgehead atoms. The monoisotopic (exact) mass is 218 g/mol. The molecule has 1 aromatic rings. The Hall–Kier alpha value is -1.48. The third-order valence-electron chi connectivity index (χ3n) is 2.46. The van der Waals surface area contributed by atoms with Gasteiger partial charge in [-0.1, -0.05) is 42.6 Å². The molecule has 2 nitrogen and oxygen atoms in total. The number of rotatable bonds is 2. The topological polar surface area (TPSA) is 37.3 Å². The smallest absolute Gasteiger partial charge is 0.307 e. The van der Waals surface area contributed by atoms with E-state index in [9.17, 15) is 4.79 Å². The average Bonchev–Trinajstić information content (AvgIpc) is 2.22. The van der Waals surface area contributed by atoms with Crippen molar-refractivity contribution in [1.29, 1.82) is 0 Å². The Balaban J connectivity index is 2.33. The van der Waals surface area contributed by atoms with E-state index in [-0.39, 0.29) is 6.42 Å². The lowest BCUT2D eigenvalue weighted by Gasteiger charge is -2.16. The van der Waals surface area contributed by atoms with E-state index in [1.807, 2.05) is 30.3 Å². The van der Waals surface area contributed by atoms with Crippen LogP contribution in [-0.4, -0.2) is 15.9 Å². The molecule has 0 saturated heterocycles. The Labute approximate surface area is 93.2 Å². The molecule has 0 saturated carbocycles. The van der Waals surface area contributed by atoms with Crippen LogP contribution < -0.4 is 0 Å². The molecule has 1 N–H and O–H groups in total. The fraction of sp³-hybridized carbons (Fsp3) is 0.167. The number of carboxylic acids is 1. The van der Waals surface area contributed by atoms with Crippen LogP contribution in [0.2, 0.25) is 0 Å². The summed E-state index contributed by atoms with van der Waals surface area (Å²) < 4.78 is 0. The fourth-order valence-corrected chi connectivity index (χ4v) is 2.09. The first-order valence-corrected chi connectivity index (χ1v) is 5.13. The van der Waals surface area contributed by atoms with Crippen LogP contribution in [-0.2, 0) is 11.2 Å². The number of benzene rings is 1. The lowest BCUT2D eigenvalue weighted by molar-refractivity contribution is -0.136. The second-order valence-corrected chi connectivity index (χ2v) is 3.90. The molecule has 15 heavy (non-hydrogen) atoms. The van der Waals surface area contributed by atoms with E-state index in [0.29, 0.717) is 4.86 Å². The van der Waals surface area contributed by atoms with Gasteiger partial charge < -0.3 is 5.11 Å². The van der Waals surface area contributed by atoms with Gasteiger partial charge in [-0.2, -0.15) is 0 Å². The normalized spacial score (nSPS) is 14.4. The van der Waals surface area contributed by atoms with E-state index in [2.05, 4.69) is 0 Å². The molecule has 0 fully saturated rings. The molecule has 0 heterocycles. The summed E-state index contributed by atoms with van der Waals surface area (Å²) in [5.41, 5.74) is 2.94. The van der Waals surface area contributed by atoms with E-state index in [1.54, 1.807) is 0 Å². The van der Waals surface area contributed by atoms with Crippen molar-refractivity contribution < 1.29 is 9.90 Å². The van der Waals surface area contributed by atoms with Gasteiger partial charge >= 0.3 is 5.97 Å². The molecular weight excluding hydrogens is 208 g/mol. The molecule has 0 spiro atoms. The van der Waals surface area contributed by atoms with Gasteiger partial charge in [-0.05, 0) is 23.1 Å². The standard InChI is InChI=1S/C12H10O2S/c13-11(14)7-9-6-5-8-3-1-2-4-10(8)12(9)15/h1-4,6H,5,7H2,(H,13,14). The minimum absolute atomic E-state index is 0.0210. The first-order chi connectivity index (χ1) is 7.18. The predicted octanol–water partition coefficient (Wildman–Crippen LogP) is 2.36. The van der Waals surface area contributed by atoms with Crippen LogP contribution in [0.15, 0.2) is 35.9 Å². The van der Waals surface area contributed by atoms with Crippen molar-refractivity contribution >= 4 is 23.1 Å². The number of fused-ring (bicyclic) bond motifs is 1. The van der Waals surface area contributed by atoms with Crippen molar-refractivity contribution in [1.82, 2.24) is 0 Å². The van der Waals surface area contributed by atoms with Crippen LogP contribution in [0.5, 0.6) is 0 Å². The number of carbonyl (C=O) groups is 1. The summed E-state index contributed by atoms with van der Waals surface area (Å²) in [6.45, 7) is 0. The molecule has 0 unspecified atom stereocenters. The predicted molar refractivity (Wildman–Crippen MR) is 62.2 cm³/mol. The Morgan fingerprint density at radius 1 is 1.40 bits per heavy atom. The molecule has 0 amide bonds. The number of aliphatic carboxylic acids is 1. The van der Waals surface area contributed by atoms with Crippen molar-refractivity contribution in [2.75, 3.05) is 0 Å². The minimum Gasteiger partial charge on any atom is -0.481 e. The summed E-state index contributed by atoms with van der Waals surface area (Å²) in [7, 11) is 0. The van der Waals surface area contributed by atoms with Crippen molar-refractivity contribution in [2.24, 2.45) is 0 Å². The van der Waals surface area contributed by atoms with Gasteiger partial charge in [-0.25, -0.2) is 0 Å². The zero-order chi connectivity index (χ0) is 10.8. The summed E-state index contributed by atoms with van der Waals surface area (Å²) in [5.74, 6) is -0.831. The number of allylic oxidation sites excluding steroid dienone is 1. The van der Waals surface area contributed by atoms with E-state index in [4.69, 9.17) is 17.3 Å². The summed E-state index contributed by atoms with van der Waals surface area (Å²) in [5, 5.41) is 8.73. The molecular formula is C12H10O2S. The summed E-state index contributed by atoms with van der Waals surface area (Å²) in [4.78, 5) is 11.3. The largest absolute Gasteiger partial charge is 0.481 e. The molecule has 0 aliphatic heterocycles. The quantitative estimate of drug-likeness (QED) is 0.774. The molecule has 1 aliphatic carbocycles. The minimum atomic E-state index is -0.831. The fourth-order valence-electron chi connectivity index (χ4n) is 1.73. The van der Waals surface area contributed by atoms with Gasteiger partial charge in [0.05, 0.1) is 6.42 Å². The van der Waals surface area contributed by atoms with Gasteiger partial charge in [-0.15, -0.1) is 0 Å². The van der Waals surface area contributed by atoms with Crippen LogP contribution in [0.1, 0.15) is 17.5 Å². The second-order valence-electron chi connectivity index (χ2n) is 3.49. The highest BCUT2D eigenvalue weighted by Crippen LogP contribution is 2.23. The van der Waals surface area contributed by atoms with Gasteiger partial charge in [0.25, 0.3) is 0 Å². The summed E-state index contributed by atoms with van der Waals surface area (Å²) in [6.07, 6.45) is 2.71. The van der Waals surface area contributed by atoms with E-state index >= 15 is 0 Å². The Morgan fingerprint density at radius 2 is 2.13 bits per heavy atom. The average molecular weight is 218 g/mol. The zero-order valence-corrected chi connectivity index (χ0v) is 8.88. The van der Waals surface area contributed by atoms with Gasteiger partial charge in [0.15, 0.2) is 0 Å². The van der Waals surface area contributed by atoms with E-state index < -0.39 is 5.97 Å². The van der Waals surface area contributed by atoms with Crippen LogP contribution in [0.4, 0.5) is 0 Å². The highest BCUT2D eigenvalue weighted by molar-refractivity contribution is 7.81. The van der Waals surface area contributed by atoms with Crippen LogP contribution in [0, 0.1) is 0 Å². The van der Waals surface area contributed by atoms with Gasteiger partial charge in [0.1, 0.15) is 0 Å². The zero-order valence-electron chi connectivity index (χ0n) is 8.06. The second kappa shape index (κ2) is 3.95. The Kier molecular flexibility index (Phi) is 2.64. The first-order valence-electron chi connectivity index (χ1n) is 4.72. The van der Waals surface area contributed by atoms with Crippen LogP contribution in [0.3, 0.4) is 0 Å². The SMILES string of the molecule is O=C(O)CC1=CCc2ccccc2C1=S. The maximum atomic E-state index is 10.6. The highest BCUT2D eigenvalue weighted by Gasteiger charge is 2.17. The number of carboxylic acid groups (broad SMARTS) is 1. The Morgan fingerprint density at radius 3 is 2.87 bits per heavy atom. The van der Waals surface area contributed by atoms with Crippen molar-refractivity contribution in [2.45, 2.75) is 12.8 Å². The molecule has 0 atom stereocenters. The molecule has 76 valence electrons. The third kappa shape index (κ3) is 1.97. The van der Waals surface area contributed by atoms with E-state index in [1.165, 1.54) is 5.56 Å². The first kappa shape index (κ1) is 10.1. The lowest BCUT2D eigenvalue weighted by Crippen LogP contribution is -2.13. The molecule has 1 aliphatic rings. The molecule has 1 aromatic carbocycles. The molecule has 2 rings (SSSR count). The van der Waals surface area contributed by atoms with Gasteiger partial charge in [0.2, 0.25) is 0 Å². The van der Waals surface area contributed by atoms with Crippen molar-refractivity contribution in [3.8, 4) is 0 Å². The summed E-state index contributed by atoms with van der Waals surface area (Å²) in [6, 6.07) is 7.87. The van der Waals surface area contributed by atoms with Crippen LogP contribution in [0.25, 0.3) is 0 Å². The third-order valence-corrected chi connectivity index (χ3v) is 2.95.